The summed E-state index contributed by atoms with van der Waals surface area (Å²) < 4.78 is 13.9. The first kappa shape index (κ1) is 12.6. The Morgan fingerprint density at radius 3 is 2.39 bits per heavy atom. The molecule has 4 heteroatoms. The fourth-order valence-corrected chi connectivity index (χ4v) is 2.14. The molecule has 0 radical (unpaired) electrons. The number of hydrogen-bond acceptors (Lipinski definition) is 2. The second-order valence-electron chi connectivity index (χ2n) is 3.64. The number of carbonyl (C=O) groups is 2. The van der Waals surface area contributed by atoms with E-state index in [0.29, 0.717) is 16.3 Å². The van der Waals surface area contributed by atoms with Crippen molar-refractivity contribution in [2.75, 3.05) is 0 Å². The second-order valence-corrected chi connectivity index (χ2v) is 4.43. The van der Waals surface area contributed by atoms with Crippen LogP contribution in [0.5, 0.6) is 0 Å². The molecule has 0 saturated heterocycles. The Kier molecular flexibility index (Phi) is 3.67. The number of hydrogen-bond donors (Lipinski definition) is 0. The number of aldehydes is 1. The minimum atomic E-state index is -0.578. The Bertz CT molecular complexity index is 623. The molecule has 0 saturated carbocycles. The topological polar surface area (TPSA) is 34.1 Å². The van der Waals surface area contributed by atoms with Gasteiger partial charge in [-0.2, -0.15) is 0 Å². The first-order chi connectivity index (χ1) is 8.65. The summed E-state index contributed by atoms with van der Waals surface area (Å²) in [4.78, 5) is 23.0. The minimum absolute atomic E-state index is 0.0127. The third-order valence-electron chi connectivity index (χ3n) is 2.52. The van der Waals surface area contributed by atoms with Gasteiger partial charge in [-0.15, -0.1) is 0 Å². The van der Waals surface area contributed by atoms with E-state index in [0.717, 1.165) is 0 Å². The summed E-state index contributed by atoms with van der Waals surface area (Å²) in [7, 11) is 0. The molecule has 2 aromatic carbocycles. The molecule has 0 amide bonds. The van der Waals surface area contributed by atoms with Crippen LogP contribution in [0.2, 0.25) is 0 Å². The molecular weight excluding hydrogens is 299 g/mol. The first-order valence-corrected chi connectivity index (χ1v) is 5.97. The van der Waals surface area contributed by atoms with Crippen LogP contribution in [0.4, 0.5) is 4.39 Å². The monoisotopic (exact) mass is 306 g/mol. The van der Waals surface area contributed by atoms with Crippen LogP contribution in [0.3, 0.4) is 0 Å². The van der Waals surface area contributed by atoms with E-state index < -0.39 is 11.6 Å². The molecule has 0 aromatic heterocycles. The lowest BCUT2D eigenvalue weighted by Crippen LogP contribution is -2.06. The molecule has 0 aliphatic rings. The normalized spacial score (nSPS) is 10.1. The van der Waals surface area contributed by atoms with Gasteiger partial charge in [0.2, 0.25) is 0 Å². The highest BCUT2D eigenvalue weighted by molar-refractivity contribution is 9.10. The number of ketones is 1. The van der Waals surface area contributed by atoms with Gasteiger partial charge >= 0.3 is 0 Å². The average Bonchev–Trinajstić information content (AvgIpc) is 2.39. The van der Waals surface area contributed by atoms with Gasteiger partial charge in [-0.25, -0.2) is 4.39 Å². The predicted octanol–water partition coefficient (Wildman–Crippen LogP) is 3.63. The van der Waals surface area contributed by atoms with E-state index in [2.05, 4.69) is 15.9 Å². The summed E-state index contributed by atoms with van der Waals surface area (Å²) in [5.74, 6) is -1.03. The molecule has 0 aliphatic heterocycles. The maximum absolute atomic E-state index is 13.5. The quantitative estimate of drug-likeness (QED) is 0.641. The van der Waals surface area contributed by atoms with Gasteiger partial charge in [0.25, 0.3) is 0 Å². The summed E-state index contributed by atoms with van der Waals surface area (Å²) in [6.45, 7) is 0. The van der Waals surface area contributed by atoms with Crippen molar-refractivity contribution in [3.63, 3.8) is 0 Å². The van der Waals surface area contributed by atoms with Crippen molar-refractivity contribution in [2.45, 2.75) is 0 Å². The average molecular weight is 307 g/mol. The van der Waals surface area contributed by atoms with Crippen LogP contribution in [-0.2, 0) is 0 Å². The molecule has 2 rings (SSSR count). The van der Waals surface area contributed by atoms with Crippen molar-refractivity contribution in [1.29, 1.82) is 0 Å². The van der Waals surface area contributed by atoms with E-state index in [1.54, 1.807) is 24.3 Å². The van der Waals surface area contributed by atoms with E-state index in [1.807, 2.05) is 0 Å². The standard InChI is InChI=1S/C14H8BrFO2/c15-13-9(8-17)4-3-6-11(13)14(18)10-5-1-2-7-12(10)16/h1-8H. The highest BCUT2D eigenvalue weighted by Gasteiger charge is 2.17. The van der Waals surface area contributed by atoms with E-state index >= 15 is 0 Å². The van der Waals surface area contributed by atoms with Gasteiger partial charge in [0.05, 0.1) is 5.56 Å². The smallest absolute Gasteiger partial charge is 0.197 e. The van der Waals surface area contributed by atoms with Gasteiger partial charge in [-0.1, -0.05) is 24.3 Å². The Labute approximate surface area is 112 Å². The number of carbonyl (C=O) groups excluding carboxylic acids is 2. The van der Waals surface area contributed by atoms with Crippen molar-refractivity contribution in [2.24, 2.45) is 0 Å². The Morgan fingerprint density at radius 1 is 1.06 bits per heavy atom. The van der Waals surface area contributed by atoms with Gasteiger partial charge in [-0.05, 0) is 34.1 Å². The zero-order valence-electron chi connectivity index (χ0n) is 9.19. The molecule has 0 heterocycles. The third-order valence-corrected chi connectivity index (χ3v) is 3.40. The third kappa shape index (κ3) is 2.24. The van der Waals surface area contributed by atoms with Crippen molar-refractivity contribution in [3.8, 4) is 0 Å². The summed E-state index contributed by atoms with van der Waals surface area (Å²) in [5, 5.41) is 0. The Hall–Kier alpha value is -1.81. The van der Waals surface area contributed by atoms with E-state index in [4.69, 9.17) is 0 Å². The molecule has 2 nitrogen and oxygen atoms in total. The van der Waals surface area contributed by atoms with Crippen LogP contribution in [0.25, 0.3) is 0 Å². The molecule has 0 atom stereocenters. The van der Waals surface area contributed by atoms with Gasteiger partial charge in [0.15, 0.2) is 12.1 Å². The molecule has 0 bridgehead atoms. The number of halogens is 2. The molecular formula is C14H8BrFO2. The molecule has 0 aliphatic carbocycles. The summed E-state index contributed by atoms with van der Waals surface area (Å²) >= 11 is 3.19. The van der Waals surface area contributed by atoms with Crippen LogP contribution in [0.1, 0.15) is 26.3 Å². The highest BCUT2D eigenvalue weighted by Crippen LogP contribution is 2.24. The molecule has 0 spiro atoms. The van der Waals surface area contributed by atoms with Crippen molar-refractivity contribution in [3.05, 3.63) is 69.4 Å². The Morgan fingerprint density at radius 2 is 1.72 bits per heavy atom. The van der Waals surface area contributed by atoms with E-state index in [1.165, 1.54) is 18.2 Å². The molecule has 0 N–H and O–H groups in total. The van der Waals surface area contributed by atoms with E-state index in [-0.39, 0.29) is 11.1 Å². The van der Waals surface area contributed by atoms with Crippen LogP contribution >= 0.6 is 15.9 Å². The SMILES string of the molecule is O=Cc1cccc(C(=O)c2ccccc2F)c1Br. The molecule has 2 aromatic rings. The largest absolute Gasteiger partial charge is 0.298 e. The second kappa shape index (κ2) is 5.23. The predicted molar refractivity (Wildman–Crippen MR) is 69.4 cm³/mol. The zero-order chi connectivity index (χ0) is 13.1. The van der Waals surface area contributed by atoms with Crippen molar-refractivity contribution >= 4 is 28.0 Å². The summed E-state index contributed by atoms with van der Waals surface area (Å²) in [6.07, 6.45) is 0.641. The lowest BCUT2D eigenvalue weighted by atomic mass is 10.0. The van der Waals surface area contributed by atoms with Crippen LogP contribution < -0.4 is 0 Å². The van der Waals surface area contributed by atoms with Gasteiger partial charge in [0.1, 0.15) is 5.82 Å². The van der Waals surface area contributed by atoms with Gasteiger partial charge in [0, 0.05) is 15.6 Å². The maximum atomic E-state index is 13.5. The van der Waals surface area contributed by atoms with E-state index in [9.17, 15) is 14.0 Å². The van der Waals surface area contributed by atoms with Crippen LogP contribution in [0.15, 0.2) is 46.9 Å². The number of rotatable bonds is 3. The molecule has 0 fully saturated rings. The Balaban J connectivity index is 2.54. The zero-order valence-corrected chi connectivity index (χ0v) is 10.8. The molecule has 18 heavy (non-hydrogen) atoms. The minimum Gasteiger partial charge on any atom is -0.298 e. The molecule has 0 unspecified atom stereocenters. The first-order valence-electron chi connectivity index (χ1n) is 5.18. The lowest BCUT2D eigenvalue weighted by molar-refractivity contribution is 0.103. The highest BCUT2D eigenvalue weighted by atomic mass is 79.9. The maximum Gasteiger partial charge on any atom is 0.197 e. The summed E-state index contributed by atoms with van der Waals surface area (Å²) in [6, 6.07) is 10.5. The van der Waals surface area contributed by atoms with Gasteiger partial charge < -0.3 is 0 Å². The summed E-state index contributed by atoms with van der Waals surface area (Å²) in [5.41, 5.74) is 0.614. The van der Waals surface area contributed by atoms with Crippen LogP contribution in [0, 0.1) is 5.82 Å². The lowest BCUT2D eigenvalue weighted by Gasteiger charge is -2.06. The molecule has 90 valence electrons. The van der Waals surface area contributed by atoms with Gasteiger partial charge in [-0.3, -0.25) is 9.59 Å². The van der Waals surface area contributed by atoms with Crippen LogP contribution in [-0.4, -0.2) is 12.1 Å². The van der Waals surface area contributed by atoms with Crippen molar-refractivity contribution < 1.29 is 14.0 Å². The number of benzene rings is 2. The fraction of sp³-hybridized carbons (Fsp3) is 0. The fourth-order valence-electron chi connectivity index (χ4n) is 1.61. The van der Waals surface area contributed by atoms with Crippen molar-refractivity contribution in [1.82, 2.24) is 0 Å².